The number of nitrogens with zero attached hydrogens (tertiary/aromatic N) is 1. The number of pyridine rings is 1. The number of anilines is 1. The quantitative estimate of drug-likeness (QED) is 0.934. The summed E-state index contributed by atoms with van der Waals surface area (Å²) < 4.78 is 26.6. The third-order valence-electron chi connectivity index (χ3n) is 2.63. The van der Waals surface area contributed by atoms with E-state index < -0.39 is 10.0 Å². The van der Waals surface area contributed by atoms with E-state index >= 15 is 0 Å². The highest BCUT2D eigenvalue weighted by Crippen LogP contribution is 2.13. The summed E-state index contributed by atoms with van der Waals surface area (Å²) in [6, 6.07) is 9.20. The van der Waals surface area contributed by atoms with Crippen molar-refractivity contribution in [1.82, 2.24) is 4.98 Å². The van der Waals surface area contributed by atoms with Crippen LogP contribution < -0.4 is 4.72 Å². The molecule has 0 aliphatic rings. The Morgan fingerprint density at radius 3 is 2.37 bits per heavy atom. The molecule has 1 heterocycles. The summed E-state index contributed by atoms with van der Waals surface area (Å²) >= 11 is 0. The first-order valence-corrected chi connectivity index (χ1v) is 7.57. The van der Waals surface area contributed by atoms with Gasteiger partial charge in [-0.3, -0.25) is 9.71 Å². The van der Waals surface area contributed by atoms with Crippen molar-refractivity contribution in [3.05, 3.63) is 59.4 Å². The average Bonchev–Trinajstić information content (AvgIpc) is 2.31. The van der Waals surface area contributed by atoms with E-state index in [-0.39, 0.29) is 5.75 Å². The summed E-state index contributed by atoms with van der Waals surface area (Å²) in [5.74, 6) is -0.0405. The van der Waals surface area contributed by atoms with E-state index in [0.29, 0.717) is 5.69 Å². The molecule has 0 unspecified atom stereocenters. The minimum atomic E-state index is -3.41. The molecule has 100 valence electrons. The maximum atomic E-state index is 12.0. The molecule has 0 radical (unpaired) electrons. The zero-order valence-corrected chi connectivity index (χ0v) is 11.7. The van der Waals surface area contributed by atoms with Crippen LogP contribution in [0.3, 0.4) is 0 Å². The van der Waals surface area contributed by atoms with Crippen LogP contribution in [0.25, 0.3) is 0 Å². The van der Waals surface area contributed by atoms with Crippen molar-refractivity contribution in [2.45, 2.75) is 19.6 Å². The van der Waals surface area contributed by atoms with Gasteiger partial charge in [0.2, 0.25) is 10.0 Å². The van der Waals surface area contributed by atoms with Crippen LogP contribution in [0.4, 0.5) is 5.69 Å². The Kier molecular flexibility index (Phi) is 3.85. The van der Waals surface area contributed by atoms with E-state index in [2.05, 4.69) is 9.71 Å². The van der Waals surface area contributed by atoms with Gasteiger partial charge in [0.15, 0.2) is 0 Å². The van der Waals surface area contributed by atoms with E-state index in [0.717, 1.165) is 16.7 Å². The Hall–Kier alpha value is -1.88. The van der Waals surface area contributed by atoms with Gasteiger partial charge in [0, 0.05) is 6.20 Å². The van der Waals surface area contributed by atoms with Gasteiger partial charge >= 0.3 is 0 Å². The molecule has 1 aromatic carbocycles. The number of aromatic nitrogens is 1. The normalized spacial score (nSPS) is 11.3. The van der Waals surface area contributed by atoms with Gasteiger partial charge in [-0.15, -0.1) is 0 Å². The minimum absolute atomic E-state index is 0.0405. The molecule has 2 aromatic rings. The maximum Gasteiger partial charge on any atom is 0.236 e. The Labute approximate surface area is 113 Å². The van der Waals surface area contributed by atoms with Gasteiger partial charge in [0.05, 0.1) is 17.6 Å². The van der Waals surface area contributed by atoms with E-state index in [9.17, 15) is 8.42 Å². The first-order valence-electron chi connectivity index (χ1n) is 5.92. The molecule has 0 aliphatic carbocycles. The Morgan fingerprint density at radius 1 is 1.05 bits per heavy atom. The Morgan fingerprint density at radius 2 is 1.74 bits per heavy atom. The number of sulfonamides is 1. The predicted octanol–water partition coefficient (Wildman–Crippen LogP) is 2.64. The number of hydrogen-bond acceptors (Lipinski definition) is 3. The number of nitrogens with one attached hydrogen (secondary N) is 1. The summed E-state index contributed by atoms with van der Waals surface area (Å²) in [4.78, 5) is 3.96. The summed E-state index contributed by atoms with van der Waals surface area (Å²) in [5.41, 5.74) is 3.28. The summed E-state index contributed by atoms with van der Waals surface area (Å²) in [7, 11) is -3.41. The number of aryl methyl sites for hydroxylation is 2. The lowest BCUT2D eigenvalue weighted by atomic mass is 10.2. The van der Waals surface area contributed by atoms with Gasteiger partial charge in [-0.2, -0.15) is 0 Å². The van der Waals surface area contributed by atoms with Crippen molar-refractivity contribution in [2.24, 2.45) is 0 Å². The van der Waals surface area contributed by atoms with Gasteiger partial charge in [0.25, 0.3) is 0 Å². The third kappa shape index (κ3) is 4.06. The zero-order chi connectivity index (χ0) is 13.9. The molecule has 0 saturated heterocycles. The standard InChI is InChI=1S/C14H16N2O2S/c1-11-3-5-13(6-4-11)10-19(17,18)16-14-7-12(2)8-15-9-14/h3-9,16H,10H2,1-2H3. The van der Waals surface area contributed by atoms with Gasteiger partial charge in [0.1, 0.15) is 0 Å². The molecule has 4 nitrogen and oxygen atoms in total. The molecule has 0 bridgehead atoms. The second kappa shape index (κ2) is 5.40. The fraction of sp³-hybridized carbons (Fsp3) is 0.214. The van der Waals surface area contributed by atoms with E-state index in [1.807, 2.05) is 38.1 Å². The van der Waals surface area contributed by atoms with Crippen LogP contribution in [0.5, 0.6) is 0 Å². The molecule has 2 rings (SSSR count). The van der Waals surface area contributed by atoms with Crippen LogP contribution in [-0.4, -0.2) is 13.4 Å². The smallest absolute Gasteiger partial charge is 0.236 e. The number of benzene rings is 1. The number of hydrogen-bond donors (Lipinski definition) is 1. The van der Waals surface area contributed by atoms with Crippen LogP contribution in [0, 0.1) is 13.8 Å². The zero-order valence-electron chi connectivity index (χ0n) is 10.9. The lowest BCUT2D eigenvalue weighted by Gasteiger charge is -2.08. The molecule has 1 aromatic heterocycles. The van der Waals surface area contributed by atoms with Crippen molar-refractivity contribution in [2.75, 3.05) is 4.72 Å². The van der Waals surface area contributed by atoms with Crippen LogP contribution in [0.2, 0.25) is 0 Å². The minimum Gasteiger partial charge on any atom is -0.282 e. The lowest BCUT2D eigenvalue weighted by Crippen LogP contribution is -2.15. The summed E-state index contributed by atoms with van der Waals surface area (Å²) in [6.45, 7) is 3.83. The van der Waals surface area contributed by atoms with Crippen molar-refractivity contribution in [1.29, 1.82) is 0 Å². The van der Waals surface area contributed by atoms with Crippen molar-refractivity contribution in [3.63, 3.8) is 0 Å². The average molecular weight is 276 g/mol. The molecule has 0 fully saturated rings. The predicted molar refractivity (Wildman–Crippen MR) is 76.4 cm³/mol. The molecule has 0 amide bonds. The first-order chi connectivity index (χ1) is 8.94. The van der Waals surface area contributed by atoms with E-state index in [1.165, 1.54) is 6.20 Å². The van der Waals surface area contributed by atoms with Gasteiger partial charge in [-0.25, -0.2) is 8.42 Å². The van der Waals surface area contributed by atoms with Crippen LogP contribution in [0.1, 0.15) is 16.7 Å². The van der Waals surface area contributed by atoms with Crippen molar-refractivity contribution in [3.8, 4) is 0 Å². The summed E-state index contributed by atoms with van der Waals surface area (Å²) in [5, 5.41) is 0. The fourth-order valence-electron chi connectivity index (χ4n) is 1.73. The monoisotopic (exact) mass is 276 g/mol. The topological polar surface area (TPSA) is 59.1 Å². The van der Waals surface area contributed by atoms with Gasteiger partial charge in [-0.1, -0.05) is 29.8 Å². The molecule has 0 spiro atoms. The van der Waals surface area contributed by atoms with Gasteiger partial charge in [-0.05, 0) is 31.0 Å². The molecular weight excluding hydrogens is 260 g/mol. The molecule has 0 aliphatic heterocycles. The van der Waals surface area contributed by atoms with E-state index in [4.69, 9.17) is 0 Å². The van der Waals surface area contributed by atoms with Crippen molar-refractivity contribution < 1.29 is 8.42 Å². The molecule has 5 heteroatoms. The van der Waals surface area contributed by atoms with Crippen LogP contribution in [-0.2, 0) is 15.8 Å². The Balaban J connectivity index is 2.13. The molecule has 19 heavy (non-hydrogen) atoms. The molecular formula is C14H16N2O2S. The highest BCUT2D eigenvalue weighted by atomic mass is 32.2. The third-order valence-corrected chi connectivity index (χ3v) is 3.89. The SMILES string of the molecule is Cc1ccc(CS(=O)(=O)Nc2cncc(C)c2)cc1. The molecule has 1 N–H and O–H groups in total. The second-order valence-corrected chi connectivity index (χ2v) is 6.32. The van der Waals surface area contributed by atoms with Crippen molar-refractivity contribution >= 4 is 15.7 Å². The second-order valence-electron chi connectivity index (χ2n) is 4.60. The number of rotatable bonds is 4. The molecule has 0 atom stereocenters. The van der Waals surface area contributed by atoms with E-state index in [1.54, 1.807) is 12.3 Å². The highest BCUT2D eigenvalue weighted by Gasteiger charge is 2.11. The maximum absolute atomic E-state index is 12.0. The molecule has 0 saturated carbocycles. The van der Waals surface area contributed by atoms with Crippen LogP contribution >= 0.6 is 0 Å². The Bertz CT molecular complexity index is 664. The fourth-order valence-corrected chi connectivity index (χ4v) is 2.90. The highest BCUT2D eigenvalue weighted by molar-refractivity contribution is 7.91. The summed E-state index contributed by atoms with van der Waals surface area (Å²) in [6.07, 6.45) is 3.18. The largest absolute Gasteiger partial charge is 0.282 e. The first kappa shape index (κ1) is 13.5. The van der Waals surface area contributed by atoms with Gasteiger partial charge < -0.3 is 0 Å². The van der Waals surface area contributed by atoms with Crippen LogP contribution in [0.15, 0.2) is 42.7 Å². The lowest BCUT2D eigenvalue weighted by molar-refractivity contribution is 0.600.